The molecule has 0 spiro atoms. The van der Waals surface area contributed by atoms with E-state index in [4.69, 9.17) is 15.5 Å². The van der Waals surface area contributed by atoms with Crippen LogP contribution in [0.25, 0.3) is 0 Å². The summed E-state index contributed by atoms with van der Waals surface area (Å²) in [4.78, 5) is 10.6. The van der Waals surface area contributed by atoms with Crippen LogP contribution < -0.4 is 4.72 Å². The Morgan fingerprint density at radius 3 is 2.58 bits per heavy atom. The number of carboxylic acid groups (broad SMARTS) is 1. The van der Waals surface area contributed by atoms with Crippen molar-refractivity contribution in [2.45, 2.75) is 17.4 Å². The van der Waals surface area contributed by atoms with E-state index in [-0.39, 0.29) is 16.9 Å². The van der Waals surface area contributed by atoms with E-state index in [0.717, 1.165) is 0 Å². The molecule has 0 saturated carbocycles. The van der Waals surface area contributed by atoms with E-state index in [1.807, 2.05) is 4.72 Å². The van der Waals surface area contributed by atoms with Gasteiger partial charge in [0.25, 0.3) is 0 Å². The molecule has 1 aromatic rings. The molecule has 1 atom stereocenters. The molecule has 0 aliphatic heterocycles. The molecule has 0 radical (unpaired) electrons. The molecule has 1 aromatic carbocycles. The molecule has 0 aliphatic carbocycles. The van der Waals surface area contributed by atoms with Gasteiger partial charge < -0.3 is 10.2 Å². The van der Waals surface area contributed by atoms with Gasteiger partial charge in [-0.25, -0.2) is 8.42 Å². The first-order valence-corrected chi connectivity index (χ1v) is 6.76. The fraction of sp³-hybridized carbons (Fsp3) is 0.273. The summed E-state index contributed by atoms with van der Waals surface area (Å²) in [7, 11) is -4.13. The Balaban J connectivity index is 3.11. The smallest absolute Gasteiger partial charge is 0.321 e. The van der Waals surface area contributed by atoms with Crippen molar-refractivity contribution in [3.63, 3.8) is 0 Å². The van der Waals surface area contributed by atoms with Gasteiger partial charge in [-0.1, -0.05) is 12.1 Å². The molecule has 1 unspecified atom stereocenters. The highest BCUT2D eigenvalue weighted by Crippen LogP contribution is 2.15. The van der Waals surface area contributed by atoms with Crippen LogP contribution in [-0.2, 0) is 14.8 Å². The second kappa shape index (κ2) is 6.29. The molecule has 102 valence electrons. The zero-order valence-corrected chi connectivity index (χ0v) is 10.6. The number of carboxylic acids is 1. The number of carbonyl (C=O) groups is 1. The maximum Gasteiger partial charge on any atom is 0.321 e. The molecule has 0 aromatic heterocycles. The molecule has 0 aliphatic rings. The molecule has 0 fully saturated rings. The summed E-state index contributed by atoms with van der Waals surface area (Å²) in [6, 6.07) is 5.73. The average Bonchev–Trinajstić information content (AvgIpc) is 2.38. The van der Waals surface area contributed by atoms with Crippen LogP contribution in [0.15, 0.2) is 29.2 Å². The lowest BCUT2D eigenvalue weighted by atomic mass is 10.2. The highest BCUT2D eigenvalue weighted by Gasteiger charge is 2.26. The maximum absolute atomic E-state index is 12.0. The number of benzene rings is 1. The van der Waals surface area contributed by atoms with Crippen molar-refractivity contribution in [3.05, 3.63) is 29.8 Å². The Hall–Kier alpha value is -1.95. The molecule has 0 saturated heterocycles. The Morgan fingerprint density at radius 2 is 2.05 bits per heavy atom. The number of hydrogen-bond donors (Lipinski definition) is 3. The van der Waals surface area contributed by atoms with E-state index in [1.54, 1.807) is 6.07 Å². The average molecular weight is 284 g/mol. The number of aliphatic hydroxyl groups is 1. The lowest BCUT2D eigenvalue weighted by molar-refractivity contribution is -0.139. The quantitative estimate of drug-likeness (QED) is 0.656. The highest BCUT2D eigenvalue weighted by atomic mass is 32.2. The lowest BCUT2D eigenvalue weighted by Crippen LogP contribution is -2.41. The number of hydrogen-bond acceptors (Lipinski definition) is 5. The third kappa shape index (κ3) is 3.75. The molecule has 3 N–H and O–H groups in total. The molecule has 0 heterocycles. The zero-order valence-electron chi connectivity index (χ0n) is 9.78. The first-order chi connectivity index (χ1) is 8.92. The molecule has 0 amide bonds. The van der Waals surface area contributed by atoms with E-state index in [2.05, 4.69) is 0 Å². The molecule has 19 heavy (non-hydrogen) atoms. The maximum atomic E-state index is 12.0. The van der Waals surface area contributed by atoms with Gasteiger partial charge in [0.1, 0.15) is 12.1 Å². The second-order valence-corrected chi connectivity index (χ2v) is 5.31. The number of rotatable bonds is 6. The predicted molar refractivity (Wildman–Crippen MR) is 64.6 cm³/mol. The monoisotopic (exact) mass is 284 g/mol. The molecule has 7 nitrogen and oxygen atoms in total. The van der Waals surface area contributed by atoms with Crippen molar-refractivity contribution < 1.29 is 23.4 Å². The fourth-order valence-electron chi connectivity index (χ4n) is 1.41. The normalized spacial score (nSPS) is 12.6. The first kappa shape index (κ1) is 15.1. The molecule has 1 rings (SSSR count). The van der Waals surface area contributed by atoms with Crippen molar-refractivity contribution >= 4 is 16.0 Å². The Bertz CT molecular complexity index is 606. The Morgan fingerprint density at radius 1 is 1.42 bits per heavy atom. The zero-order chi connectivity index (χ0) is 14.5. The third-order valence-electron chi connectivity index (χ3n) is 2.31. The minimum absolute atomic E-state index is 0.0804. The van der Waals surface area contributed by atoms with Crippen molar-refractivity contribution in [2.75, 3.05) is 6.61 Å². The van der Waals surface area contributed by atoms with Gasteiger partial charge in [0.15, 0.2) is 0 Å². The number of sulfonamides is 1. The summed E-state index contributed by atoms with van der Waals surface area (Å²) >= 11 is 0. The summed E-state index contributed by atoms with van der Waals surface area (Å²) in [6.45, 7) is -0.473. The second-order valence-electron chi connectivity index (χ2n) is 3.63. The van der Waals surface area contributed by atoms with E-state index in [1.165, 1.54) is 24.3 Å². The van der Waals surface area contributed by atoms with Gasteiger partial charge in [-0.3, -0.25) is 4.79 Å². The highest BCUT2D eigenvalue weighted by molar-refractivity contribution is 7.89. The minimum Gasteiger partial charge on any atom is -0.480 e. The van der Waals surface area contributed by atoms with Gasteiger partial charge in [-0.2, -0.15) is 9.98 Å². The van der Waals surface area contributed by atoms with Gasteiger partial charge in [-0.05, 0) is 18.6 Å². The number of aliphatic carboxylic acids is 1. The number of nitrogens with one attached hydrogen (secondary N) is 1. The molecule has 8 heteroatoms. The summed E-state index contributed by atoms with van der Waals surface area (Å²) in [6.07, 6.45) is -0.261. The lowest BCUT2D eigenvalue weighted by Gasteiger charge is -2.14. The Labute approximate surface area is 110 Å². The third-order valence-corrected chi connectivity index (χ3v) is 3.84. The molecular weight excluding hydrogens is 272 g/mol. The predicted octanol–water partition coefficient (Wildman–Crippen LogP) is -0.328. The molecule has 0 bridgehead atoms. The van der Waals surface area contributed by atoms with Gasteiger partial charge in [0.05, 0.1) is 10.5 Å². The van der Waals surface area contributed by atoms with Crippen LogP contribution in [0.2, 0.25) is 0 Å². The van der Waals surface area contributed by atoms with Crippen molar-refractivity contribution in [3.8, 4) is 6.07 Å². The largest absolute Gasteiger partial charge is 0.480 e. The van der Waals surface area contributed by atoms with Crippen LogP contribution in [0, 0.1) is 11.3 Å². The minimum atomic E-state index is -4.13. The SMILES string of the molecule is N#Cc1ccccc1S(=O)(=O)NC(CCO)C(=O)O. The topological polar surface area (TPSA) is 127 Å². The fourth-order valence-corrected chi connectivity index (χ4v) is 2.79. The van der Waals surface area contributed by atoms with Crippen molar-refractivity contribution in [1.29, 1.82) is 5.26 Å². The summed E-state index contributed by atoms with van der Waals surface area (Å²) in [5.41, 5.74) is -0.0804. The van der Waals surface area contributed by atoms with Gasteiger partial charge >= 0.3 is 5.97 Å². The van der Waals surface area contributed by atoms with Crippen LogP contribution in [0.4, 0.5) is 0 Å². The van der Waals surface area contributed by atoms with Crippen LogP contribution >= 0.6 is 0 Å². The summed E-state index contributed by atoms with van der Waals surface area (Å²) in [5.74, 6) is -1.40. The van der Waals surface area contributed by atoms with Crippen molar-refractivity contribution in [1.82, 2.24) is 4.72 Å². The van der Waals surface area contributed by atoms with Crippen LogP contribution in [0.1, 0.15) is 12.0 Å². The summed E-state index contributed by atoms with van der Waals surface area (Å²) in [5, 5.41) is 26.4. The van der Waals surface area contributed by atoms with Gasteiger partial charge in [-0.15, -0.1) is 0 Å². The van der Waals surface area contributed by atoms with Crippen LogP contribution in [0.3, 0.4) is 0 Å². The number of nitriles is 1. The first-order valence-electron chi connectivity index (χ1n) is 5.27. The van der Waals surface area contributed by atoms with Crippen molar-refractivity contribution in [2.24, 2.45) is 0 Å². The van der Waals surface area contributed by atoms with E-state index < -0.39 is 28.6 Å². The van der Waals surface area contributed by atoms with Gasteiger partial charge in [0.2, 0.25) is 10.0 Å². The van der Waals surface area contributed by atoms with Crippen LogP contribution in [0.5, 0.6) is 0 Å². The van der Waals surface area contributed by atoms with Crippen LogP contribution in [-0.4, -0.2) is 37.2 Å². The molecular formula is C11H12N2O5S. The van der Waals surface area contributed by atoms with E-state index >= 15 is 0 Å². The Kier molecular flexibility index (Phi) is 5.00. The van der Waals surface area contributed by atoms with Gasteiger partial charge in [0, 0.05) is 6.61 Å². The standard InChI is InChI=1S/C11H12N2O5S/c12-7-8-3-1-2-4-10(8)19(17,18)13-9(5-6-14)11(15)16/h1-4,9,13-14H,5-6H2,(H,15,16). The summed E-state index contributed by atoms with van der Waals surface area (Å²) < 4.78 is 25.9. The number of aliphatic hydroxyl groups excluding tert-OH is 1. The van der Waals surface area contributed by atoms with E-state index in [0.29, 0.717) is 0 Å². The van der Waals surface area contributed by atoms with E-state index in [9.17, 15) is 13.2 Å². The number of nitrogens with zero attached hydrogens (tertiary/aromatic N) is 1.